The van der Waals surface area contributed by atoms with Crippen LogP contribution in [-0.4, -0.2) is 41.7 Å². The third-order valence-corrected chi connectivity index (χ3v) is 9.13. The van der Waals surface area contributed by atoms with Crippen LogP contribution < -0.4 is 5.32 Å². The maximum absolute atomic E-state index is 13.2. The number of halogens is 3. The van der Waals surface area contributed by atoms with Gasteiger partial charge in [0, 0.05) is 24.7 Å². The number of amides is 1. The normalized spacial score (nSPS) is 16.6. The van der Waals surface area contributed by atoms with Gasteiger partial charge in [0.2, 0.25) is 5.91 Å². The number of thiazole rings is 2. The van der Waals surface area contributed by atoms with Gasteiger partial charge in [-0.1, -0.05) is 0 Å². The number of hydrogen-bond acceptors (Lipinski definition) is 7. The number of sulfonamides is 1. The maximum atomic E-state index is 13.2. The van der Waals surface area contributed by atoms with Gasteiger partial charge in [-0.25, -0.2) is 18.4 Å². The number of aryl methyl sites for hydroxylation is 1. The van der Waals surface area contributed by atoms with E-state index in [9.17, 15) is 26.4 Å². The molecule has 1 N–H and O–H groups in total. The van der Waals surface area contributed by atoms with Crippen LogP contribution >= 0.6 is 22.7 Å². The zero-order chi connectivity index (χ0) is 22.4. The molecule has 31 heavy (non-hydrogen) atoms. The second-order valence-electron chi connectivity index (χ2n) is 7.07. The summed E-state index contributed by atoms with van der Waals surface area (Å²) in [5.41, 5.74) is 1.69. The summed E-state index contributed by atoms with van der Waals surface area (Å²) in [6, 6.07) is 5.38. The summed E-state index contributed by atoms with van der Waals surface area (Å²) in [5, 5.41) is 2.84. The Bertz CT molecular complexity index is 1230. The average molecular weight is 491 g/mol. The molecule has 1 fully saturated rings. The topological polar surface area (TPSA) is 92.3 Å². The first kappa shape index (κ1) is 22.1. The van der Waals surface area contributed by atoms with Gasteiger partial charge >= 0.3 is 6.18 Å². The van der Waals surface area contributed by atoms with Crippen LogP contribution in [0.25, 0.3) is 10.2 Å². The molecule has 13 heteroatoms. The van der Waals surface area contributed by atoms with Gasteiger partial charge in [0.15, 0.2) is 9.90 Å². The molecule has 0 unspecified atom stereocenters. The van der Waals surface area contributed by atoms with Gasteiger partial charge in [-0.15, -0.1) is 22.7 Å². The molecule has 0 atom stereocenters. The number of carbonyl (C=O) groups excluding carboxylic acids is 1. The SMILES string of the molecule is Cc1nc(C(F)(F)F)c(S(=O)(=O)N2CCC(C(=O)Nc3ccc4scnc4c3)CC2)s1. The van der Waals surface area contributed by atoms with Gasteiger partial charge in [-0.3, -0.25) is 4.79 Å². The summed E-state index contributed by atoms with van der Waals surface area (Å²) >= 11 is 1.99. The fourth-order valence-electron chi connectivity index (χ4n) is 3.42. The first-order valence-electron chi connectivity index (χ1n) is 9.24. The Morgan fingerprint density at radius 3 is 2.65 bits per heavy atom. The highest BCUT2D eigenvalue weighted by molar-refractivity contribution is 7.91. The van der Waals surface area contributed by atoms with E-state index < -0.39 is 32.0 Å². The molecule has 1 saturated heterocycles. The molecule has 166 valence electrons. The van der Waals surface area contributed by atoms with Gasteiger partial charge in [0.05, 0.1) is 20.7 Å². The third-order valence-electron chi connectivity index (χ3n) is 4.97. The minimum atomic E-state index is -4.86. The highest BCUT2D eigenvalue weighted by Gasteiger charge is 2.43. The number of anilines is 1. The summed E-state index contributed by atoms with van der Waals surface area (Å²) in [7, 11) is -4.35. The molecule has 1 aliphatic rings. The number of nitrogens with zero attached hydrogens (tertiary/aromatic N) is 3. The van der Waals surface area contributed by atoms with Crippen molar-refractivity contribution in [2.24, 2.45) is 5.92 Å². The van der Waals surface area contributed by atoms with Gasteiger partial charge in [0.1, 0.15) is 0 Å². The second kappa shape index (κ2) is 8.11. The van der Waals surface area contributed by atoms with Crippen molar-refractivity contribution in [1.82, 2.24) is 14.3 Å². The number of nitrogens with one attached hydrogen (secondary N) is 1. The first-order valence-corrected chi connectivity index (χ1v) is 12.4. The number of piperidine rings is 1. The van der Waals surface area contributed by atoms with Crippen LogP contribution in [0.3, 0.4) is 0 Å². The minimum absolute atomic E-state index is 0.0252. The number of rotatable bonds is 4. The lowest BCUT2D eigenvalue weighted by atomic mass is 9.97. The van der Waals surface area contributed by atoms with Crippen molar-refractivity contribution < 1.29 is 26.4 Å². The maximum Gasteiger partial charge on any atom is 0.435 e. The van der Waals surface area contributed by atoms with E-state index in [0.717, 1.165) is 14.5 Å². The number of alkyl halides is 3. The van der Waals surface area contributed by atoms with E-state index in [2.05, 4.69) is 15.3 Å². The molecule has 0 radical (unpaired) electrons. The van der Waals surface area contributed by atoms with Gasteiger partial charge < -0.3 is 5.32 Å². The molecule has 3 aromatic rings. The average Bonchev–Trinajstić information content (AvgIpc) is 3.34. The molecule has 2 aromatic heterocycles. The zero-order valence-corrected chi connectivity index (χ0v) is 18.6. The summed E-state index contributed by atoms with van der Waals surface area (Å²) < 4.78 is 66.5. The molecule has 3 heterocycles. The molecule has 0 saturated carbocycles. The third kappa shape index (κ3) is 4.45. The Kier molecular flexibility index (Phi) is 5.79. The highest BCUT2D eigenvalue weighted by Crippen LogP contribution is 2.39. The summed E-state index contributed by atoms with van der Waals surface area (Å²) in [6.45, 7) is 1.25. The van der Waals surface area contributed by atoms with Crippen LogP contribution in [0, 0.1) is 12.8 Å². The molecule has 1 aliphatic heterocycles. The lowest BCUT2D eigenvalue weighted by Gasteiger charge is -2.30. The van der Waals surface area contributed by atoms with Crippen LogP contribution in [0.2, 0.25) is 0 Å². The molecule has 0 aliphatic carbocycles. The van der Waals surface area contributed by atoms with Crippen LogP contribution in [-0.2, 0) is 21.0 Å². The highest BCUT2D eigenvalue weighted by atomic mass is 32.2. The van der Waals surface area contributed by atoms with Crippen LogP contribution in [0.1, 0.15) is 23.5 Å². The van der Waals surface area contributed by atoms with Crippen molar-refractivity contribution in [3.8, 4) is 0 Å². The quantitative estimate of drug-likeness (QED) is 0.594. The Labute approximate surface area is 184 Å². The van der Waals surface area contributed by atoms with Crippen molar-refractivity contribution in [3.63, 3.8) is 0 Å². The molecular weight excluding hydrogens is 473 g/mol. The van der Waals surface area contributed by atoms with E-state index >= 15 is 0 Å². The Morgan fingerprint density at radius 2 is 1.97 bits per heavy atom. The van der Waals surface area contributed by atoms with Crippen LogP contribution in [0.15, 0.2) is 27.9 Å². The van der Waals surface area contributed by atoms with Crippen LogP contribution in [0.4, 0.5) is 18.9 Å². The Morgan fingerprint density at radius 1 is 1.26 bits per heavy atom. The predicted molar refractivity (Wildman–Crippen MR) is 112 cm³/mol. The van der Waals surface area contributed by atoms with Crippen molar-refractivity contribution in [3.05, 3.63) is 34.4 Å². The number of benzene rings is 1. The van der Waals surface area contributed by atoms with E-state index in [4.69, 9.17) is 0 Å². The van der Waals surface area contributed by atoms with E-state index in [1.54, 1.807) is 17.6 Å². The number of fused-ring (bicyclic) bond motifs is 1. The number of aromatic nitrogens is 2. The predicted octanol–water partition coefficient (Wildman–Crippen LogP) is 4.12. The fourth-order valence-corrected chi connectivity index (χ4v) is 7.17. The van der Waals surface area contributed by atoms with E-state index in [1.165, 1.54) is 18.3 Å². The number of carbonyl (C=O) groups is 1. The lowest BCUT2D eigenvalue weighted by Crippen LogP contribution is -2.41. The summed E-state index contributed by atoms with van der Waals surface area (Å²) in [4.78, 5) is 20.2. The molecular formula is C18H17F3N4O3S3. The largest absolute Gasteiger partial charge is 0.435 e. The Hall–Kier alpha value is -2.09. The standard InChI is InChI=1S/C18H17F3N4O3S3/c1-10-23-15(18(19,20)21)17(30-10)31(27,28)25-6-4-11(5-7-25)16(26)24-12-2-3-14-13(8-12)22-9-29-14/h2-3,8-9,11H,4-7H2,1H3,(H,24,26). The second-order valence-corrected chi connectivity index (χ2v) is 11.3. The van der Waals surface area contributed by atoms with Gasteiger partial charge in [-0.2, -0.15) is 17.5 Å². The van der Waals surface area contributed by atoms with Crippen LogP contribution in [0.5, 0.6) is 0 Å². The van der Waals surface area contributed by atoms with Crippen molar-refractivity contribution >= 4 is 54.5 Å². The number of hydrogen-bond donors (Lipinski definition) is 1. The van der Waals surface area contributed by atoms with Crippen molar-refractivity contribution in [1.29, 1.82) is 0 Å². The van der Waals surface area contributed by atoms with Gasteiger partial charge in [-0.05, 0) is 38.0 Å². The minimum Gasteiger partial charge on any atom is -0.326 e. The van der Waals surface area contributed by atoms with Gasteiger partial charge in [0.25, 0.3) is 10.0 Å². The molecule has 0 bridgehead atoms. The summed E-state index contributed by atoms with van der Waals surface area (Å²) in [5.74, 6) is -0.695. The smallest absolute Gasteiger partial charge is 0.326 e. The van der Waals surface area contributed by atoms with E-state index in [-0.39, 0.29) is 36.8 Å². The van der Waals surface area contributed by atoms with E-state index in [1.807, 2.05) is 6.07 Å². The zero-order valence-electron chi connectivity index (χ0n) is 16.1. The Balaban J connectivity index is 1.44. The van der Waals surface area contributed by atoms with Crippen molar-refractivity contribution in [2.75, 3.05) is 18.4 Å². The lowest BCUT2D eigenvalue weighted by molar-refractivity contribution is -0.143. The monoisotopic (exact) mass is 490 g/mol. The molecule has 1 aromatic carbocycles. The summed E-state index contributed by atoms with van der Waals surface area (Å²) in [6.07, 6.45) is -4.43. The fraction of sp³-hybridized carbons (Fsp3) is 0.389. The molecule has 1 amide bonds. The van der Waals surface area contributed by atoms with Crippen molar-refractivity contribution in [2.45, 2.75) is 30.2 Å². The molecule has 4 rings (SSSR count). The molecule has 0 spiro atoms. The molecule has 7 nitrogen and oxygen atoms in total. The first-order chi connectivity index (χ1) is 14.6. The van der Waals surface area contributed by atoms with E-state index in [0.29, 0.717) is 17.0 Å².